The van der Waals surface area contributed by atoms with E-state index in [-0.39, 0.29) is 24.1 Å². The lowest BCUT2D eigenvalue weighted by Gasteiger charge is -2.10. The molecule has 0 saturated carbocycles. The van der Waals surface area contributed by atoms with Gasteiger partial charge in [0.05, 0.1) is 6.10 Å². The average Bonchev–Trinajstić information content (AvgIpc) is 2.67. The Kier molecular flexibility index (Phi) is 7.30. The molecular weight excluding hydrogens is 376 g/mol. The maximum absolute atomic E-state index is 12.1. The fourth-order valence-corrected chi connectivity index (χ4v) is 2.21. The van der Waals surface area contributed by atoms with Crippen molar-refractivity contribution in [2.24, 2.45) is 5.73 Å². The lowest BCUT2D eigenvalue weighted by Crippen LogP contribution is -2.34. The number of hydrogen-bond acceptors (Lipinski definition) is 6. The molecule has 29 heavy (non-hydrogen) atoms. The van der Waals surface area contributed by atoms with Crippen LogP contribution in [-0.2, 0) is 9.53 Å². The Balaban J connectivity index is 1.84. The fraction of sp³-hybridized carbons (Fsp3) is 0.200. The Morgan fingerprint density at radius 2 is 1.59 bits per heavy atom. The van der Waals surface area contributed by atoms with Gasteiger partial charge in [-0.1, -0.05) is 12.1 Å². The second kappa shape index (κ2) is 9.88. The Bertz CT molecular complexity index is 892. The van der Waals surface area contributed by atoms with Gasteiger partial charge < -0.3 is 20.5 Å². The molecule has 0 saturated heterocycles. The predicted molar refractivity (Wildman–Crippen MR) is 107 cm³/mol. The number of nitrogens with one attached hydrogen (secondary N) is 3. The van der Waals surface area contributed by atoms with Gasteiger partial charge in [-0.15, -0.1) is 0 Å². The number of rotatable bonds is 7. The van der Waals surface area contributed by atoms with Gasteiger partial charge in [0.1, 0.15) is 11.6 Å². The first-order valence-corrected chi connectivity index (χ1v) is 8.73. The molecule has 5 N–H and O–H groups in total. The summed E-state index contributed by atoms with van der Waals surface area (Å²) in [5, 5.41) is 12.0. The summed E-state index contributed by atoms with van der Waals surface area (Å²) in [7, 11) is 0. The summed E-state index contributed by atoms with van der Waals surface area (Å²) in [5.41, 5.74) is 6.52. The molecule has 2 aromatic carbocycles. The molecule has 0 bridgehead atoms. The summed E-state index contributed by atoms with van der Waals surface area (Å²) < 4.78 is 10.3. The van der Waals surface area contributed by atoms with Crippen molar-refractivity contribution < 1.29 is 23.9 Å². The van der Waals surface area contributed by atoms with E-state index in [0.717, 1.165) is 0 Å². The van der Waals surface area contributed by atoms with Crippen LogP contribution < -0.4 is 21.1 Å². The van der Waals surface area contributed by atoms with E-state index in [1.165, 1.54) is 24.3 Å². The monoisotopic (exact) mass is 398 g/mol. The number of urea groups is 1. The number of amidine groups is 1. The van der Waals surface area contributed by atoms with E-state index in [9.17, 15) is 14.4 Å². The van der Waals surface area contributed by atoms with E-state index < -0.39 is 17.9 Å². The van der Waals surface area contributed by atoms with Gasteiger partial charge in [0, 0.05) is 16.8 Å². The van der Waals surface area contributed by atoms with Gasteiger partial charge in [-0.3, -0.25) is 15.5 Å². The lowest BCUT2D eigenvalue weighted by atomic mass is 10.1. The quantitative estimate of drug-likeness (QED) is 0.320. The third-order valence-corrected chi connectivity index (χ3v) is 3.52. The molecule has 0 fully saturated rings. The van der Waals surface area contributed by atoms with Crippen molar-refractivity contribution >= 4 is 29.4 Å². The largest absolute Gasteiger partial charge is 0.482 e. The average molecular weight is 398 g/mol. The predicted octanol–water partition coefficient (Wildman–Crippen LogP) is 2.26. The van der Waals surface area contributed by atoms with Crippen LogP contribution in [0.15, 0.2) is 48.5 Å². The number of nitrogen functional groups attached to an aromatic ring is 1. The van der Waals surface area contributed by atoms with Crippen LogP contribution in [-0.4, -0.2) is 36.5 Å². The Morgan fingerprint density at radius 1 is 1.00 bits per heavy atom. The molecule has 0 spiro atoms. The number of benzene rings is 2. The number of hydrogen-bond donors (Lipinski definition) is 4. The molecule has 0 aromatic heterocycles. The van der Waals surface area contributed by atoms with Crippen molar-refractivity contribution in [1.82, 2.24) is 5.32 Å². The Hall–Kier alpha value is -3.88. The number of imide groups is 1. The van der Waals surface area contributed by atoms with E-state index in [0.29, 0.717) is 17.0 Å². The van der Waals surface area contributed by atoms with Crippen molar-refractivity contribution in [3.63, 3.8) is 0 Å². The zero-order chi connectivity index (χ0) is 21.4. The van der Waals surface area contributed by atoms with Crippen LogP contribution >= 0.6 is 0 Å². The van der Waals surface area contributed by atoms with Crippen molar-refractivity contribution in [3.05, 3.63) is 59.7 Å². The molecule has 0 heterocycles. The highest BCUT2D eigenvalue weighted by Crippen LogP contribution is 2.15. The van der Waals surface area contributed by atoms with Crippen LogP contribution in [0.4, 0.5) is 10.5 Å². The highest BCUT2D eigenvalue weighted by atomic mass is 16.6. The SMILES string of the molecule is CC(C)OC(=O)COc1ccc(NC(=O)NC(=O)c2ccc(C(=N)N)cc2)cc1. The number of ether oxygens (including phenoxy) is 2. The van der Waals surface area contributed by atoms with Crippen molar-refractivity contribution in [2.75, 3.05) is 11.9 Å². The van der Waals surface area contributed by atoms with E-state index in [2.05, 4.69) is 10.6 Å². The van der Waals surface area contributed by atoms with Crippen molar-refractivity contribution in [1.29, 1.82) is 5.41 Å². The molecule has 0 aliphatic carbocycles. The minimum absolute atomic E-state index is 0.112. The van der Waals surface area contributed by atoms with Crippen LogP contribution in [0.3, 0.4) is 0 Å². The van der Waals surface area contributed by atoms with Gasteiger partial charge in [-0.2, -0.15) is 0 Å². The third kappa shape index (κ3) is 6.98. The number of carbonyl (C=O) groups is 3. The van der Waals surface area contributed by atoms with E-state index >= 15 is 0 Å². The lowest BCUT2D eigenvalue weighted by molar-refractivity contribution is -0.149. The second-order valence-electron chi connectivity index (χ2n) is 6.25. The van der Waals surface area contributed by atoms with E-state index in [4.69, 9.17) is 20.6 Å². The zero-order valence-corrected chi connectivity index (χ0v) is 16.0. The smallest absolute Gasteiger partial charge is 0.344 e. The normalized spacial score (nSPS) is 10.2. The number of carbonyl (C=O) groups excluding carboxylic acids is 3. The molecule has 9 nitrogen and oxygen atoms in total. The Morgan fingerprint density at radius 3 is 2.14 bits per heavy atom. The molecule has 3 amide bonds. The number of amides is 3. The van der Waals surface area contributed by atoms with Gasteiger partial charge in [0.25, 0.3) is 5.91 Å². The van der Waals surface area contributed by atoms with Crippen LogP contribution in [0.2, 0.25) is 0 Å². The maximum atomic E-state index is 12.1. The molecule has 0 atom stereocenters. The molecule has 0 unspecified atom stereocenters. The van der Waals surface area contributed by atoms with E-state index in [1.807, 2.05) is 0 Å². The van der Waals surface area contributed by atoms with Crippen LogP contribution in [0.25, 0.3) is 0 Å². The van der Waals surface area contributed by atoms with Crippen molar-refractivity contribution in [3.8, 4) is 5.75 Å². The van der Waals surface area contributed by atoms with E-state index in [1.54, 1.807) is 38.1 Å². The molecule has 2 aromatic rings. The number of nitrogens with two attached hydrogens (primary N) is 1. The summed E-state index contributed by atoms with van der Waals surface area (Å²) >= 11 is 0. The minimum atomic E-state index is -0.708. The first kappa shape index (κ1) is 21.4. The standard InChI is InChI=1S/C20H22N4O5/c1-12(2)29-17(25)11-28-16-9-7-15(8-10-16)23-20(27)24-19(26)14-5-3-13(4-6-14)18(21)22/h3-10,12H,11H2,1-2H3,(H3,21,22)(H2,23,24,26,27). The first-order chi connectivity index (χ1) is 13.7. The van der Waals surface area contributed by atoms with Crippen molar-refractivity contribution in [2.45, 2.75) is 20.0 Å². The Labute approximate surface area is 167 Å². The summed E-state index contributed by atoms with van der Waals surface area (Å²) in [5.74, 6) is -0.755. The summed E-state index contributed by atoms with van der Waals surface area (Å²) in [4.78, 5) is 35.5. The van der Waals surface area contributed by atoms with Gasteiger partial charge in [-0.05, 0) is 50.2 Å². The molecule has 0 radical (unpaired) electrons. The number of esters is 1. The van der Waals surface area contributed by atoms with Gasteiger partial charge in [-0.25, -0.2) is 9.59 Å². The highest BCUT2D eigenvalue weighted by Gasteiger charge is 2.11. The van der Waals surface area contributed by atoms with Gasteiger partial charge in [0.15, 0.2) is 6.61 Å². The maximum Gasteiger partial charge on any atom is 0.344 e. The summed E-state index contributed by atoms with van der Waals surface area (Å²) in [6.45, 7) is 3.27. The topological polar surface area (TPSA) is 144 Å². The fourth-order valence-electron chi connectivity index (χ4n) is 2.21. The summed E-state index contributed by atoms with van der Waals surface area (Å²) in [6.07, 6.45) is -0.217. The third-order valence-electron chi connectivity index (χ3n) is 3.52. The van der Waals surface area contributed by atoms with Crippen LogP contribution in [0, 0.1) is 5.41 Å². The first-order valence-electron chi connectivity index (χ1n) is 8.73. The zero-order valence-electron chi connectivity index (χ0n) is 16.0. The van der Waals surface area contributed by atoms with Crippen LogP contribution in [0.5, 0.6) is 5.75 Å². The molecule has 9 heteroatoms. The molecule has 0 aliphatic heterocycles. The molecular formula is C20H22N4O5. The summed E-state index contributed by atoms with van der Waals surface area (Å²) in [6, 6.07) is 11.5. The number of anilines is 1. The molecule has 0 aliphatic rings. The van der Waals surface area contributed by atoms with Gasteiger partial charge >= 0.3 is 12.0 Å². The van der Waals surface area contributed by atoms with Gasteiger partial charge in [0.2, 0.25) is 0 Å². The highest BCUT2D eigenvalue weighted by molar-refractivity contribution is 6.08. The molecule has 2 rings (SSSR count). The van der Waals surface area contributed by atoms with Crippen LogP contribution in [0.1, 0.15) is 29.8 Å². The minimum Gasteiger partial charge on any atom is -0.482 e. The second-order valence-corrected chi connectivity index (χ2v) is 6.25. The molecule has 152 valence electrons.